The van der Waals surface area contributed by atoms with E-state index in [2.05, 4.69) is 51.8 Å². The number of carbonyl (C=O) groups excluding carboxylic acids is 4. The summed E-state index contributed by atoms with van der Waals surface area (Å²) in [6, 6.07) is 19.9. The summed E-state index contributed by atoms with van der Waals surface area (Å²) >= 11 is -1.49. The number of rotatable bonds is 14. The number of imidazole rings is 1. The van der Waals surface area contributed by atoms with Gasteiger partial charge in [-0.25, -0.2) is 13.9 Å². The van der Waals surface area contributed by atoms with Crippen molar-refractivity contribution in [1.29, 1.82) is 0 Å². The smallest absolute Gasteiger partial charge is 0.252 e. The van der Waals surface area contributed by atoms with Crippen LogP contribution in [0.25, 0.3) is 16.9 Å². The number of fused-ring (bicyclic) bond motifs is 1. The summed E-state index contributed by atoms with van der Waals surface area (Å²) in [7, 11) is 0. The SMILES string of the molecule is O=C1CCC(c2cccc(N3CCC(CN4CCC(C(=O)N5CCN(CCNS(=O)Nc6cccc(-c7cn8cc(C(=O)NC9CCC9)ccc8n7)c6)CC5)CC4)CC3)c2)C(=O)N1. The monoisotopic (exact) mass is 876 g/mol. The highest BCUT2D eigenvalue weighted by Crippen LogP contribution is 2.31. The third-order valence-electron chi connectivity index (χ3n) is 13.8. The number of nitrogens with one attached hydrogen (secondary N) is 4. The second-order valence-corrected chi connectivity index (χ2v) is 19.1. The van der Waals surface area contributed by atoms with Gasteiger partial charge in [-0.3, -0.25) is 34.1 Å². The van der Waals surface area contributed by atoms with Gasteiger partial charge in [0.15, 0.2) is 11.2 Å². The second kappa shape index (κ2) is 19.7. The highest BCUT2D eigenvalue weighted by atomic mass is 32.2. The average Bonchev–Trinajstić information content (AvgIpc) is 3.72. The molecule has 4 aromatic rings. The van der Waals surface area contributed by atoms with Gasteiger partial charge < -0.3 is 24.4 Å². The highest BCUT2D eigenvalue weighted by Gasteiger charge is 2.33. The number of hydrogen-bond acceptors (Lipinski definition) is 9. The third kappa shape index (κ3) is 10.6. The maximum atomic E-state index is 13.6. The molecule has 5 aliphatic rings. The molecule has 4 amide bonds. The maximum Gasteiger partial charge on any atom is 0.252 e. The number of imide groups is 1. The molecule has 2 unspecified atom stereocenters. The number of benzene rings is 2. The first-order valence-electron chi connectivity index (χ1n) is 22.9. The van der Waals surface area contributed by atoms with Gasteiger partial charge in [0.05, 0.1) is 17.2 Å². The lowest BCUT2D eigenvalue weighted by Crippen LogP contribution is -2.52. The first-order chi connectivity index (χ1) is 30.7. The molecule has 4 aliphatic heterocycles. The number of piperazine rings is 1. The van der Waals surface area contributed by atoms with E-state index < -0.39 is 11.2 Å². The molecule has 4 saturated heterocycles. The molecule has 6 heterocycles. The topological polar surface area (TPSA) is 164 Å². The lowest BCUT2D eigenvalue weighted by molar-refractivity contribution is -0.139. The Morgan fingerprint density at radius 2 is 1.60 bits per heavy atom. The van der Waals surface area contributed by atoms with E-state index in [1.807, 2.05) is 65.3 Å². The molecule has 1 aliphatic carbocycles. The molecule has 15 nitrogen and oxygen atoms in total. The van der Waals surface area contributed by atoms with Gasteiger partial charge in [-0.15, -0.1) is 0 Å². The Labute approximate surface area is 372 Å². The number of carbonyl (C=O) groups is 4. The summed E-state index contributed by atoms with van der Waals surface area (Å²) < 4.78 is 21.0. The van der Waals surface area contributed by atoms with Crippen LogP contribution in [-0.2, 0) is 25.6 Å². The van der Waals surface area contributed by atoms with Gasteiger partial charge in [0.2, 0.25) is 17.7 Å². The second-order valence-electron chi connectivity index (χ2n) is 18.0. The first-order valence-corrected chi connectivity index (χ1v) is 24.1. The predicted molar refractivity (Wildman–Crippen MR) is 244 cm³/mol. The van der Waals surface area contributed by atoms with Gasteiger partial charge in [0.1, 0.15) is 5.65 Å². The summed E-state index contributed by atoms with van der Waals surface area (Å²) in [5.41, 5.74) is 5.83. The van der Waals surface area contributed by atoms with E-state index in [1.54, 1.807) is 0 Å². The lowest BCUT2D eigenvalue weighted by atomic mass is 9.89. The maximum absolute atomic E-state index is 13.6. The number of aromatic nitrogens is 2. The summed E-state index contributed by atoms with van der Waals surface area (Å²) in [6.07, 6.45) is 12.0. The fourth-order valence-corrected chi connectivity index (χ4v) is 10.5. The number of likely N-dealkylation sites (tertiary alicyclic amines) is 1. The minimum atomic E-state index is -1.49. The first kappa shape index (κ1) is 43.1. The van der Waals surface area contributed by atoms with Crippen LogP contribution in [0.3, 0.4) is 0 Å². The van der Waals surface area contributed by atoms with Crippen molar-refractivity contribution in [1.82, 2.24) is 39.4 Å². The summed E-state index contributed by atoms with van der Waals surface area (Å²) in [4.78, 5) is 64.4. The number of pyridine rings is 1. The van der Waals surface area contributed by atoms with Crippen molar-refractivity contribution in [3.05, 3.63) is 84.2 Å². The molecule has 9 rings (SSSR count). The van der Waals surface area contributed by atoms with E-state index in [0.29, 0.717) is 42.5 Å². The molecule has 5 fully saturated rings. The van der Waals surface area contributed by atoms with Crippen LogP contribution in [0.5, 0.6) is 0 Å². The molecule has 2 aromatic carbocycles. The normalized spacial score (nSPS) is 21.6. The molecular formula is C47H60N10O5S. The van der Waals surface area contributed by atoms with Gasteiger partial charge in [0, 0.05) is 107 Å². The van der Waals surface area contributed by atoms with Crippen molar-refractivity contribution in [3.63, 3.8) is 0 Å². The fraction of sp³-hybridized carbons (Fsp3) is 0.511. The Hall–Kier alpha value is -5.16. The zero-order valence-electron chi connectivity index (χ0n) is 36.0. The van der Waals surface area contributed by atoms with Gasteiger partial charge in [-0.1, -0.05) is 24.3 Å². The molecule has 4 N–H and O–H groups in total. The molecule has 16 heteroatoms. The average molecular weight is 877 g/mol. The van der Waals surface area contributed by atoms with Gasteiger partial charge >= 0.3 is 0 Å². The minimum Gasteiger partial charge on any atom is -0.372 e. The molecule has 2 atom stereocenters. The van der Waals surface area contributed by atoms with E-state index in [-0.39, 0.29) is 35.6 Å². The largest absolute Gasteiger partial charge is 0.372 e. The summed E-state index contributed by atoms with van der Waals surface area (Å²) in [5.74, 6) is 0.329. The molecule has 0 bridgehead atoms. The van der Waals surface area contributed by atoms with Crippen molar-refractivity contribution in [2.45, 2.75) is 69.7 Å². The van der Waals surface area contributed by atoms with Gasteiger partial charge in [-0.2, -0.15) is 0 Å². The van der Waals surface area contributed by atoms with Crippen LogP contribution in [0.1, 0.15) is 79.6 Å². The van der Waals surface area contributed by atoms with Crippen LogP contribution in [0, 0.1) is 11.8 Å². The Bertz CT molecular complexity index is 2310. The van der Waals surface area contributed by atoms with E-state index in [1.165, 1.54) is 0 Å². The van der Waals surface area contributed by atoms with E-state index in [9.17, 15) is 23.4 Å². The number of amides is 4. The fourth-order valence-electron chi connectivity index (χ4n) is 9.77. The molecule has 0 radical (unpaired) electrons. The lowest BCUT2D eigenvalue weighted by Gasteiger charge is -2.40. The Kier molecular flexibility index (Phi) is 13.5. The van der Waals surface area contributed by atoms with Crippen LogP contribution in [-0.4, -0.2) is 130 Å². The van der Waals surface area contributed by atoms with Gasteiger partial charge in [0.25, 0.3) is 5.91 Å². The van der Waals surface area contributed by atoms with Gasteiger partial charge in [-0.05, 0) is 112 Å². The van der Waals surface area contributed by atoms with E-state index >= 15 is 0 Å². The Balaban J connectivity index is 0.654. The quantitative estimate of drug-likeness (QED) is 0.136. The summed E-state index contributed by atoms with van der Waals surface area (Å²) in [5, 5.41) is 5.58. The van der Waals surface area contributed by atoms with Crippen LogP contribution < -0.4 is 25.0 Å². The van der Waals surface area contributed by atoms with Crippen LogP contribution in [0.15, 0.2) is 73.1 Å². The van der Waals surface area contributed by atoms with Crippen LogP contribution in [0.4, 0.5) is 11.4 Å². The standard InChI is InChI=1S/C47H60N10O5S/c58-44-13-11-41(46(60)51-44)35-4-2-9-40(29-35)55-21-14-33(15-22-55)30-54-19-16-34(17-20-54)47(61)56-26-24-53(25-27-56)23-18-48-63(62)52-39-8-1-5-36(28-39)42-32-57-31-37(10-12-43(57)50-42)45(59)49-38-6-3-7-38/h1-2,4-5,8-10,12,28-29,31-34,38,41,48,52H,3,6-7,11,13-27,30H2,(H,49,59)(H,51,58,60). The predicted octanol–water partition coefficient (Wildman–Crippen LogP) is 4.16. The van der Waals surface area contributed by atoms with Crippen molar-refractivity contribution in [3.8, 4) is 11.3 Å². The number of nitrogens with zero attached hydrogens (tertiary/aromatic N) is 6. The zero-order valence-corrected chi connectivity index (χ0v) is 36.8. The van der Waals surface area contributed by atoms with Crippen molar-refractivity contribution < 1.29 is 23.4 Å². The third-order valence-corrected chi connectivity index (χ3v) is 14.7. The van der Waals surface area contributed by atoms with Crippen molar-refractivity contribution in [2.75, 3.05) is 81.6 Å². The van der Waals surface area contributed by atoms with Crippen LogP contribution in [0.2, 0.25) is 0 Å². The molecular weight excluding hydrogens is 817 g/mol. The highest BCUT2D eigenvalue weighted by molar-refractivity contribution is 7.84. The Morgan fingerprint density at radius 3 is 2.37 bits per heavy atom. The minimum absolute atomic E-state index is 0.0607. The molecule has 63 heavy (non-hydrogen) atoms. The molecule has 0 spiro atoms. The Morgan fingerprint density at radius 1 is 0.810 bits per heavy atom. The number of piperidine rings is 3. The van der Waals surface area contributed by atoms with Crippen LogP contribution >= 0.6 is 0 Å². The summed E-state index contributed by atoms with van der Waals surface area (Å²) in [6.45, 7) is 9.33. The molecule has 2 aromatic heterocycles. The van der Waals surface area contributed by atoms with Crippen molar-refractivity contribution >= 4 is 51.8 Å². The molecule has 334 valence electrons. The molecule has 1 saturated carbocycles. The van der Waals surface area contributed by atoms with E-state index in [0.717, 1.165) is 139 Å². The van der Waals surface area contributed by atoms with E-state index in [4.69, 9.17) is 4.98 Å². The number of anilines is 2. The zero-order chi connectivity index (χ0) is 43.3. The number of hydrogen-bond donors (Lipinski definition) is 4. The van der Waals surface area contributed by atoms with Crippen molar-refractivity contribution in [2.24, 2.45) is 11.8 Å².